The van der Waals surface area contributed by atoms with Gasteiger partial charge in [0.25, 0.3) is 5.69 Å². The van der Waals surface area contributed by atoms with E-state index in [1.807, 2.05) is 0 Å². The Labute approximate surface area is 132 Å². The number of carbonyl (C=O) groups is 1. The number of sulfonamides is 1. The highest BCUT2D eigenvalue weighted by Gasteiger charge is 2.57. The van der Waals surface area contributed by atoms with E-state index in [-0.39, 0.29) is 29.6 Å². The van der Waals surface area contributed by atoms with E-state index < -0.39 is 26.3 Å². The Morgan fingerprint density at radius 1 is 1.43 bits per heavy atom. The van der Waals surface area contributed by atoms with Gasteiger partial charge in [-0.2, -0.15) is 4.31 Å². The third kappa shape index (κ3) is 2.40. The molecule has 0 radical (unpaired) electrons. The number of hydrogen-bond donors (Lipinski definition) is 1. The van der Waals surface area contributed by atoms with Crippen LogP contribution in [0, 0.1) is 21.4 Å². The Kier molecular flexibility index (Phi) is 3.64. The predicted octanol–water partition coefficient (Wildman–Crippen LogP) is 1.47. The number of nitro benzene ring substituents is 1. The van der Waals surface area contributed by atoms with Crippen LogP contribution < -0.4 is 0 Å². The maximum absolute atomic E-state index is 12.7. The topological polar surface area (TPSA) is 118 Å². The highest BCUT2D eigenvalue weighted by molar-refractivity contribution is 7.89. The van der Waals surface area contributed by atoms with Crippen LogP contribution in [-0.2, 0) is 14.8 Å². The summed E-state index contributed by atoms with van der Waals surface area (Å²) in [5.41, 5.74) is -1.33. The first kappa shape index (κ1) is 15.9. The maximum atomic E-state index is 12.7. The number of fused-ring (bicyclic) bond motifs is 1. The van der Waals surface area contributed by atoms with Crippen LogP contribution >= 0.6 is 0 Å². The Hall–Kier alpha value is -2.00. The van der Waals surface area contributed by atoms with Crippen LogP contribution in [0.1, 0.15) is 19.3 Å². The van der Waals surface area contributed by atoms with Gasteiger partial charge < -0.3 is 5.11 Å². The molecule has 0 amide bonds. The number of non-ortho nitro benzene ring substituents is 1. The lowest BCUT2D eigenvalue weighted by Crippen LogP contribution is -2.37. The molecule has 1 heterocycles. The van der Waals surface area contributed by atoms with Crippen molar-refractivity contribution in [3.63, 3.8) is 0 Å². The second kappa shape index (κ2) is 5.27. The lowest BCUT2D eigenvalue weighted by Gasteiger charge is -2.23. The molecule has 1 saturated carbocycles. The van der Waals surface area contributed by atoms with E-state index in [4.69, 9.17) is 0 Å². The van der Waals surface area contributed by atoms with Crippen molar-refractivity contribution >= 4 is 21.7 Å². The Morgan fingerprint density at radius 3 is 2.78 bits per heavy atom. The van der Waals surface area contributed by atoms with E-state index in [9.17, 15) is 28.4 Å². The molecular weight excluding hydrogens is 324 g/mol. The van der Waals surface area contributed by atoms with Gasteiger partial charge in [-0.3, -0.25) is 14.9 Å². The second-order valence-corrected chi connectivity index (χ2v) is 8.04. The fourth-order valence-corrected chi connectivity index (χ4v) is 5.28. The van der Waals surface area contributed by atoms with E-state index in [1.54, 1.807) is 0 Å². The van der Waals surface area contributed by atoms with Gasteiger partial charge in [-0.05, 0) is 24.8 Å². The van der Waals surface area contributed by atoms with Gasteiger partial charge in [0.15, 0.2) is 0 Å². The zero-order valence-corrected chi connectivity index (χ0v) is 13.0. The summed E-state index contributed by atoms with van der Waals surface area (Å²) in [7, 11) is -3.94. The van der Waals surface area contributed by atoms with E-state index in [0.717, 1.165) is 16.8 Å². The molecule has 124 valence electrons. The van der Waals surface area contributed by atoms with Crippen molar-refractivity contribution in [3.8, 4) is 0 Å². The van der Waals surface area contributed by atoms with E-state index in [2.05, 4.69) is 0 Å². The number of carboxylic acids is 1. The van der Waals surface area contributed by atoms with Crippen molar-refractivity contribution in [2.24, 2.45) is 11.3 Å². The molecule has 3 rings (SSSR count). The van der Waals surface area contributed by atoms with E-state index >= 15 is 0 Å². The average Bonchev–Trinajstić information content (AvgIpc) is 3.05. The summed E-state index contributed by atoms with van der Waals surface area (Å²) in [5.74, 6) is -1.16. The first-order chi connectivity index (χ1) is 10.8. The van der Waals surface area contributed by atoms with Gasteiger partial charge >= 0.3 is 5.97 Å². The molecule has 0 spiro atoms. The molecule has 2 fully saturated rings. The summed E-state index contributed by atoms with van der Waals surface area (Å²) < 4.78 is 26.6. The fraction of sp³-hybridized carbons (Fsp3) is 0.500. The summed E-state index contributed by atoms with van der Waals surface area (Å²) in [6.07, 6.45) is 1.93. The van der Waals surface area contributed by atoms with Crippen LogP contribution in [0.2, 0.25) is 0 Å². The minimum absolute atomic E-state index is 0.0714. The fourth-order valence-electron chi connectivity index (χ4n) is 3.68. The highest BCUT2D eigenvalue weighted by Crippen LogP contribution is 2.50. The van der Waals surface area contributed by atoms with Crippen molar-refractivity contribution in [1.29, 1.82) is 0 Å². The van der Waals surface area contributed by atoms with Crippen LogP contribution in [0.4, 0.5) is 5.69 Å². The lowest BCUT2D eigenvalue weighted by atomic mass is 9.81. The smallest absolute Gasteiger partial charge is 0.311 e. The molecule has 2 aliphatic rings. The number of nitrogens with zero attached hydrogens (tertiary/aromatic N) is 2. The number of carboxylic acid groups (broad SMARTS) is 1. The van der Waals surface area contributed by atoms with Crippen molar-refractivity contribution in [2.75, 3.05) is 13.1 Å². The number of nitro groups is 1. The normalized spacial score (nSPS) is 27.7. The minimum Gasteiger partial charge on any atom is -0.481 e. The number of aliphatic carboxylic acids is 1. The molecule has 1 saturated heterocycles. The van der Waals surface area contributed by atoms with Crippen molar-refractivity contribution in [1.82, 2.24) is 4.31 Å². The Bertz CT molecular complexity index is 777. The molecule has 1 aliphatic heterocycles. The third-order valence-electron chi connectivity index (χ3n) is 4.93. The quantitative estimate of drug-likeness (QED) is 0.655. The molecule has 1 aliphatic carbocycles. The maximum Gasteiger partial charge on any atom is 0.311 e. The Balaban J connectivity index is 1.94. The third-order valence-corrected chi connectivity index (χ3v) is 6.74. The standard InChI is InChI=1S/C14H16N2O6S/c17-13(18)14-6-2-3-10(14)8-15(9-14)23(21,22)12-5-1-4-11(7-12)16(19)20/h1,4-5,7,10H,2-3,6,8-9H2,(H,17,18)/t10-,14+/m0/s1. The van der Waals surface area contributed by atoms with Crippen LogP contribution in [0.15, 0.2) is 29.2 Å². The van der Waals surface area contributed by atoms with Crippen molar-refractivity contribution in [3.05, 3.63) is 34.4 Å². The zero-order valence-electron chi connectivity index (χ0n) is 12.2. The summed E-state index contributed by atoms with van der Waals surface area (Å²) in [6.45, 7) is 0.0787. The summed E-state index contributed by atoms with van der Waals surface area (Å²) >= 11 is 0. The number of rotatable bonds is 4. The summed E-state index contributed by atoms with van der Waals surface area (Å²) in [6, 6.07) is 4.84. The summed E-state index contributed by atoms with van der Waals surface area (Å²) in [5, 5.41) is 20.4. The predicted molar refractivity (Wildman–Crippen MR) is 79.3 cm³/mol. The monoisotopic (exact) mass is 340 g/mol. The van der Waals surface area contributed by atoms with Gasteiger partial charge in [0.2, 0.25) is 10.0 Å². The molecule has 1 aromatic rings. The molecule has 1 aromatic carbocycles. The van der Waals surface area contributed by atoms with Gasteiger partial charge in [0, 0.05) is 25.2 Å². The minimum atomic E-state index is -3.94. The molecule has 9 heteroatoms. The van der Waals surface area contributed by atoms with Gasteiger partial charge in [0.05, 0.1) is 15.2 Å². The van der Waals surface area contributed by atoms with Crippen molar-refractivity contribution < 1.29 is 23.2 Å². The summed E-state index contributed by atoms with van der Waals surface area (Å²) in [4.78, 5) is 21.6. The molecule has 2 atom stereocenters. The van der Waals surface area contributed by atoms with Gasteiger partial charge in [0.1, 0.15) is 0 Å². The molecule has 0 unspecified atom stereocenters. The highest BCUT2D eigenvalue weighted by atomic mass is 32.2. The number of hydrogen-bond acceptors (Lipinski definition) is 5. The average molecular weight is 340 g/mol. The molecular formula is C14H16N2O6S. The van der Waals surface area contributed by atoms with Crippen LogP contribution in [0.3, 0.4) is 0 Å². The van der Waals surface area contributed by atoms with Gasteiger partial charge in [-0.1, -0.05) is 12.5 Å². The Morgan fingerprint density at radius 2 is 2.17 bits per heavy atom. The second-order valence-electron chi connectivity index (χ2n) is 6.10. The molecule has 0 aromatic heterocycles. The molecule has 0 bridgehead atoms. The van der Waals surface area contributed by atoms with Crippen LogP contribution in [-0.4, -0.2) is 41.8 Å². The van der Waals surface area contributed by atoms with Gasteiger partial charge in [-0.25, -0.2) is 8.42 Å². The lowest BCUT2D eigenvalue weighted by molar-refractivity contribution is -0.385. The van der Waals surface area contributed by atoms with Gasteiger partial charge in [-0.15, -0.1) is 0 Å². The number of benzene rings is 1. The largest absolute Gasteiger partial charge is 0.481 e. The van der Waals surface area contributed by atoms with Crippen molar-refractivity contribution in [2.45, 2.75) is 24.2 Å². The molecule has 8 nitrogen and oxygen atoms in total. The zero-order chi connectivity index (χ0) is 16.8. The first-order valence-electron chi connectivity index (χ1n) is 7.25. The molecule has 23 heavy (non-hydrogen) atoms. The molecule has 1 N–H and O–H groups in total. The first-order valence-corrected chi connectivity index (χ1v) is 8.69. The SMILES string of the molecule is O=C(O)[C@@]12CCC[C@H]1CN(S(=O)(=O)c1cccc([N+](=O)[O-])c1)C2. The van der Waals surface area contributed by atoms with E-state index in [0.29, 0.717) is 12.8 Å². The van der Waals surface area contributed by atoms with E-state index in [1.165, 1.54) is 18.2 Å². The van der Waals surface area contributed by atoms with Crippen LogP contribution in [0.25, 0.3) is 0 Å². The van der Waals surface area contributed by atoms with Crippen LogP contribution in [0.5, 0.6) is 0 Å².